The van der Waals surface area contributed by atoms with Crippen molar-refractivity contribution in [3.05, 3.63) is 36.0 Å². The largest absolute Gasteiger partial charge is 0.471 e. The van der Waals surface area contributed by atoms with Gasteiger partial charge in [0.25, 0.3) is 5.89 Å². The van der Waals surface area contributed by atoms with Gasteiger partial charge >= 0.3 is 12.1 Å². The number of halogens is 3. The monoisotopic (exact) mass is 336 g/mol. The fourth-order valence-corrected chi connectivity index (χ4v) is 2.25. The fourth-order valence-electron chi connectivity index (χ4n) is 2.25. The summed E-state index contributed by atoms with van der Waals surface area (Å²) in [5.74, 6) is 0.196. The SMILES string of the molecule is FC(F)(F)c1nc(-c2ccc(-c3nc(CC4CC4)no3)cc2)no1. The highest BCUT2D eigenvalue weighted by Gasteiger charge is 2.38. The van der Waals surface area contributed by atoms with Crippen LogP contribution in [0, 0.1) is 5.92 Å². The van der Waals surface area contributed by atoms with E-state index in [0.717, 1.165) is 6.42 Å². The van der Waals surface area contributed by atoms with Crippen molar-refractivity contribution in [3.63, 3.8) is 0 Å². The first-order valence-electron chi connectivity index (χ1n) is 7.33. The quantitative estimate of drug-likeness (QED) is 0.722. The van der Waals surface area contributed by atoms with Crippen LogP contribution in [-0.2, 0) is 12.6 Å². The summed E-state index contributed by atoms with van der Waals surface area (Å²) < 4.78 is 46.9. The third-order valence-corrected chi connectivity index (χ3v) is 3.69. The van der Waals surface area contributed by atoms with Crippen molar-refractivity contribution >= 4 is 0 Å². The third-order valence-electron chi connectivity index (χ3n) is 3.69. The maximum atomic E-state index is 12.5. The summed E-state index contributed by atoms with van der Waals surface area (Å²) in [4.78, 5) is 7.67. The smallest absolute Gasteiger partial charge is 0.334 e. The molecule has 124 valence electrons. The number of aromatic nitrogens is 4. The predicted molar refractivity (Wildman–Crippen MR) is 74.5 cm³/mol. The van der Waals surface area contributed by atoms with E-state index in [1.165, 1.54) is 12.8 Å². The Balaban J connectivity index is 1.53. The van der Waals surface area contributed by atoms with Crippen molar-refractivity contribution in [3.8, 4) is 22.8 Å². The van der Waals surface area contributed by atoms with Crippen LogP contribution in [0.25, 0.3) is 22.8 Å². The van der Waals surface area contributed by atoms with E-state index in [1.54, 1.807) is 24.3 Å². The summed E-state index contributed by atoms with van der Waals surface area (Å²) in [5.41, 5.74) is 1.07. The molecule has 0 radical (unpaired) electrons. The second kappa shape index (κ2) is 5.43. The highest BCUT2D eigenvalue weighted by atomic mass is 19.4. The minimum Gasteiger partial charge on any atom is -0.334 e. The van der Waals surface area contributed by atoms with Gasteiger partial charge in [0, 0.05) is 17.5 Å². The Bertz CT molecular complexity index is 850. The van der Waals surface area contributed by atoms with Crippen molar-refractivity contribution in [2.24, 2.45) is 5.92 Å². The zero-order chi connectivity index (χ0) is 16.7. The molecule has 2 heterocycles. The fraction of sp³-hybridized carbons (Fsp3) is 0.333. The number of benzene rings is 1. The van der Waals surface area contributed by atoms with Crippen molar-refractivity contribution in [2.75, 3.05) is 0 Å². The zero-order valence-corrected chi connectivity index (χ0v) is 12.2. The number of nitrogens with zero attached hydrogens (tertiary/aromatic N) is 4. The highest BCUT2D eigenvalue weighted by molar-refractivity contribution is 5.62. The van der Waals surface area contributed by atoms with E-state index < -0.39 is 12.1 Å². The lowest BCUT2D eigenvalue weighted by Gasteiger charge is -1.97. The van der Waals surface area contributed by atoms with E-state index in [1.807, 2.05) is 0 Å². The first-order valence-corrected chi connectivity index (χ1v) is 7.33. The van der Waals surface area contributed by atoms with E-state index in [9.17, 15) is 13.2 Å². The van der Waals surface area contributed by atoms with Crippen LogP contribution >= 0.6 is 0 Å². The summed E-state index contributed by atoms with van der Waals surface area (Å²) >= 11 is 0. The van der Waals surface area contributed by atoms with E-state index >= 15 is 0 Å². The first-order chi connectivity index (χ1) is 11.5. The van der Waals surface area contributed by atoms with Gasteiger partial charge in [-0.15, -0.1) is 0 Å². The van der Waals surface area contributed by atoms with Crippen molar-refractivity contribution in [1.82, 2.24) is 20.3 Å². The molecule has 1 aromatic carbocycles. The Hall–Kier alpha value is -2.71. The van der Waals surface area contributed by atoms with Crippen LogP contribution in [0.1, 0.15) is 24.6 Å². The van der Waals surface area contributed by atoms with Crippen molar-refractivity contribution in [1.29, 1.82) is 0 Å². The molecule has 6 nitrogen and oxygen atoms in total. The Morgan fingerprint density at radius 2 is 1.67 bits per heavy atom. The Morgan fingerprint density at radius 3 is 2.29 bits per heavy atom. The molecule has 2 aromatic heterocycles. The third kappa shape index (κ3) is 3.01. The van der Waals surface area contributed by atoms with Gasteiger partial charge in [-0.2, -0.15) is 23.1 Å². The molecule has 0 aliphatic heterocycles. The van der Waals surface area contributed by atoms with Gasteiger partial charge < -0.3 is 9.05 Å². The average molecular weight is 336 g/mol. The van der Waals surface area contributed by atoms with E-state index in [0.29, 0.717) is 28.8 Å². The summed E-state index contributed by atoms with van der Waals surface area (Å²) in [6.07, 6.45) is -1.45. The summed E-state index contributed by atoms with van der Waals surface area (Å²) in [6, 6.07) is 6.47. The first kappa shape index (κ1) is 14.9. The lowest BCUT2D eigenvalue weighted by atomic mass is 10.1. The maximum Gasteiger partial charge on any atom is 0.471 e. The number of alkyl halides is 3. The van der Waals surface area contributed by atoms with E-state index in [4.69, 9.17) is 4.52 Å². The minimum atomic E-state index is -4.66. The molecule has 0 spiro atoms. The van der Waals surface area contributed by atoms with Gasteiger partial charge in [0.05, 0.1) is 0 Å². The Morgan fingerprint density at radius 1 is 0.958 bits per heavy atom. The Kier molecular flexibility index (Phi) is 3.36. The van der Waals surface area contributed by atoms with Crippen molar-refractivity contribution in [2.45, 2.75) is 25.4 Å². The predicted octanol–water partition coefficient (Wildman–Crippen LogP) is 3.76. The molecule has 1 fully saturated rings. The second-order valence-electron chi connectivity index (χ2n) is 5.66. The number of hydrogen-bond acceptors (Lipinski definition) is 6. The van der Waals surface area contributed by atoms with Gasteiger partial charge in [-0.3, -0.25) is 0 Å². The van der Waals surface area contributed by atoms with Crippen LogP contribution in [0.2, 0.25) is 0 Å². The molecular weight excluding hydrogens is 325 g/mol. The van der Waals surface area contributed by atoms with E-state index in [2.05, 4.69) is 24.8 Å². The van der Waals surface area contributed by atoms with Gasteiger partial charge in [0.15, 0.2) is 5.82 Å². The standard InChI is InChI=1S/C15H11F3N4O2/c16-15(17,18)14-20-12(22-24-14)9-3-5-10(6-4-9)13-19-11(21-23-13)7-8-1-2-8/h3-6,8H,1-2,7H2. The van der Waals surface area contributed by atoms with Crippen LogP contribution in [0.5, 0.6) is 0 Å². The van der Waals surface area contributed by atoms with Crippen LogP contribution in [0.15, 0.2) is 33.3 Å². The number of hydrogen-bond donors (Lipinski definition) is 0. The van der Waals surface area contributed by atoms with Crippen LogP contribution < -0.4 is 0 Å². The molecule has 1 saturated carbocycles. The van der Waals surface area contributed by atoms with Crippen molar-refractivity contribution < 1.29 is 22.2 Å². The zero-order valence-electron chi connectivity index (χ0n) is 12.2. The van der Waals surface area contributed by atoms with Crippen LogP contribution in [0.4, 0.5) is 13.2 Å². The molecule has 24 heavy (non-hydrogen) atoms. The van der Waals surface area contributed by atoms with Crippen LogP contribution in [-0.4, -0.2) is 20.3 Å². The van der Waals surface area contributed by atoms with E-state index in [-0.39, 0.29) is 5.82 Å². The molecule has 3 aromatic rings. The summed E-state index contributed by atoms with van der Waals surface area (Å²) in [6.45, 7) is 0. The summed E-state index contributed by atoms with van der Waals surface area (Å²) in [5, 5.41) is 7.27. The molecule has 1 aliphatic rings. The van der Waals surface area contributed by atoms with Gasteiger partial charge in [-0.25, -0.2) is 0 Å². The molecular formula is C15H11F3N4O2. The van der Waals surface area contributed by atoms with Gasteiger partial charge in [-0.05, 0) is 30.9 Å². The average Bonchev–Trinajstić information content (AvgIpc) is 3.03. The minimum absolute atomic E-state index is 0.131. The Labute approximate surface area is 133 Å². The lowest BCUT2D eigenvalue weighted by molar-refractivity contribution is -0.159. The van der Waals surface area contributed by atoms with Crippen LogP contribution in [0.3, 0.4) is 0 Å². The topological polar surface area (TPSA) is 77.8 Å². The molecule has 0 bridgehead atoms. The molecule has 0 N–H and O–H groups in total. The second-order valence-corrected chi connectivity index (χ2v) is 5.66. The molecule has 0 atom stereocenters. The van der Waals surface area contributed by atoms with Gasteiger partial charge in [0.2, 0.25) is 5.82 Å². The molecule has 4 rings (SSSR count). The molecule has 0 saturated heterocycles. The van der Waals surface area contributed by atoms with Gasteiger partial charge in [0.1, 0.15) is 0 Å². The normalized spacial score (nSPS) is 15.0. The lowest BCUT2D eigenvalue weighted by Crippen LogP contribution is -2.04. The molecule has 9 heteroatoms. The molecule has 0 unspecified atom stereocenters. The number of rotatable bonds is 4. The molecule has 1 aliphatic carbocycles. The summed E-state index contributed by atoms with van der Waals surface area (Å²) in [7, 11) is 0. The van der Waals surface area contributed by atoms with Gasteiger partial charge in [-0.1, -0.05) is 22.4 Å². The molecule has 0 amide bonds. The maximum absolute atomic E-state index is 12.5. The highest BCUT2D eigenvalue weighted by Crippen LogP contribution is 2.32.